The number of oxime groups is 1. The number of nitrogens with one attached hydrogen (secondary N) is 1. The van der Waals surface area contributed by atoms with Gasteiger partial charge in [0.1, 0.15) is 5.84 Å². The van der Waals surface area contributed by atoms with E-state index >= 15 is 0 Å². The molecule has 5 heteroatoms. The Morgan fingerprint density at radius 2 is 2.33 bits per heavy atom. The summed E-state index contributed by atoms with van der Waals surface area (Å²) in [6.07, 6.45) is 0.808. The second kappa shape index (κ2) is 5.40. The molecule has 4 N–H and O–H groups in total. The average molecular weight is 173 g/mol. The first kappa shape index (κ1) is 10.7. The Morgan fingerprint density at radius 3 is 2.75 bits per heavy atom. The minimum Gasteiger partial charge on any atom is -0.409 e. The summed E-state index contributed by atoms with van der Waals surface area (Å²) in [6.45, 7) is 3.86. The van der Waals surface area contributed by atoms with Gasteiger partial charge in [0, 0.05) is 6.04 Å². The Labute approximate surface area is 71.6 Å². The molecule has 0 aliphatic heterocycles. The van der Waals surface area contributed by atoms with Gasteiger partial charge in [-0.25, -0.2) is 0 Å². The van der Waals surface area contributed by atoms with Crippen molar-refractivity contribution in [1.82, 2.24) is 5.32 Å². The highest BCUT2D eigenvalue weighted by atomic mass is 16.4. The monoisotopic (exact) mass is 173 g/mol. The molecule has 0 spiro atoms. The Hall–Kier alpha value is -1.26. The zero-order chi connectivity index (χ0) is 9.56. The molecular weight excluding hydrogens is 158 g/mol. The highest BCUT2D eigenvalue weighted by molar-refractivity contribution is 5.98. The van der Waals surface area contributed by atoms with Crippen LogP contribution in [0, 0.1) is 0 Å². The molecule has 0 aromatic rings. The molecule has 5 nitrogen and oxygen atoms in total. The minimum absolute atomic E-state index is 0.0547. The van der Waals surface area contributed by atoms with Crippen LogP contribution in [-0.4, -0.2) is 23.0 Å². The Bertz CT molecular complexity index is 179. The molecule has 0 heterocycles. The van der Waals surface area contributed by atoms with Gasteiger partial charge in [-0.1, -0.05) is 12.1 Å². The highest BCUT2D eigenvalue weighted by Crippen LogP contribution is 1.89. The minimum atomic E-state index is -0.223. The van der Waals surface area contributed by atoms with Crippen molar-refractivity contribution in [1.29, 1.82) is 0 Å². The number of carbonyl (C=O) groups excluding carboxylic acids is 1. The predicted octanol–water partition coefficient (Wildman–Crippen LogP) is 0.0376. The molecule has 0 aliphatic carbocycles. The van der Waals surface area contributed by atoms with E-state index in [4.69, 9.17) is 10.9 Å². The molecule has 70 valence electrons. The highest BCUT2D eigenvalue weighted by Gasteiger charge is 2.06. The van der Waals surface area contributed by atoms with Crippen molar-refractivity contribution in [2.45, 2.75) is 32.7 Å². The third-order valence-electron chi connectivity index (χ3n) is 1.49. The van der Waals surface area contributed by atoms with Gasteiger partial charge in [0.15, 0.2) is 0 Å². The molecule has 0 rings (SSSR count). The van der Waals surface area contributed by atoms with Gasteiger partial charge in [-0.15, -0.1) is 0 Å². The van der Waals surface area contributed by atoms with Crippen molar-refractivity contribution < 1.29 is 10.0 Å². The summed E-state index contributed by atoms with van der Waals surface area (Å²) in [4.78, 5) is 11.0. The molecule has 12 heavy (non-hydrogen) atoms. The fourth-order valence-electron chi connectivity index (χ4n) is 0.628. The van der Waals surface area contributed by atoms with Gasteiger partial charge in [0.05, 0.1) is 6.42 Å². The van der Waals surface area contributed by atoms with Crippen molar-refractivity contribution in [2.75, 3.05) is 0 Å². The number of hydrogen-bond acceptors (Lipinski definition) is 3. The Kier molecular flexibility index (Phi) is 4.83. The summed E-state index contributed by atoms with van der Waals surface area (Å²) in [6, 6.07) is 0.129. The fraction of sp³-hybridized carbons (Fsp3) is 0.714. The second-order valence-corrected chi connectivity index (χ2v) is 2.64. The molecule has 0 aromatic heterocycles. The molecule has 1 atom stereocenters. The maximum atomic E-state index is 11.0. The molecule has 0 saturated carbocycles. The lowest BCUT2D eigenvalue weighted by Crippen LogP contribution is -2.34. The Morgan fingerprint density at radius 1 is 1.75 bits per heavy atom. The van der Waals surface area contributed by atoms with Crippen molar-refractivity contribution in [3.63, 3.8) is 0 Å². The number of hydrogen-bond donors (Lipinski definition) is 3. The summed E-state index contributed by atoms with van der Waals surface area (Å²) in [5.74, 6) is -0.296. The maximum absolute atomic E-state index is 11.0. The quantitative estimate of drug-likeness (QED) is 0.243. The fourth-order valence-corrected chi connectivity index (χ4v) is 0.628. The first-order valence-corrected chi connectivity index (χ1v) is 3.85. The summed E-state index contributed by atoms with van der Waals surface area (Å²) >= 11 is 0. The SMILES string of the molecule is CCC(C)NC(=O)C/C(N)=N/O. The molecule has 0 radical (unpaired) electrons. The standard InChI is InChI=1S/C7H15N3O2/c1-3-5(2)9-7(11)4-6(8)10-12/h5,12H,3-4H2,1-2H3,(H2,8,10)(H,9,11). The smallest absolute Gasteiger partial charge is 0.227 e. The molecule has 0 fully saturated rings. The first-order valence-electron chi connectivity index (χ1n) is 3.85. The van der Waals surface area contributed by atoms with Gasteiger partial charge in [-0.3, -0.25) is 4.79 Å². The topological polar surface area (TPSA) is 87.7 Å². The molecule has 1 amide bonds. The van der Waals surface area contributed by atoms with E-state index in [9.17, 15) is 4.79 Å². The maximum Gasteiger partial charge on any atom is 0.227 e. The lowest BCUT2D eigenvalue weighted by Gasteiger charge is -2.10. The van der Waals surface area contributed by atoms with E-state index in [-0.39, 0.29) is 24.2 Å². The van der Waals surface area contributed by atoms with Gasteiger partial charge in [-0.2, -0.15) is 0 Å². The van der Waals surface area contributed by atoms with Crippen LogP contribution in [0.4, 0.5) is 0 Å². The van der Waals surface area contributed by atoms with Crippen LogP contribution in [0.5, 0.6) is 0 Å². The van der Waals surface area contributed by atoms with Crippen molar-refractivity contribution in [3.8, 4) is 0 Å². The number of amidine groups is 1. The van der Waals surface area contributed by atoms with E-state index in [0.717, 1.165) is 6.42 Å². The van der Waals surface area contributed by atoms with Crippen LogP contribution in [0.15, 0.2) is 5.16 Å². The van der Waals surface area contributed by atoms with Gasteiger partial charge >= 0.3 is 0 Å². The van der Waals surface area contributed by atoms with Crippen LogP contribution in [0.3, 0.4) is 0 Å². The molecule has 0 aromatic carbocycles. The van der Waals surface area contributed by atoms with Crippen molar-refractivity contribution >= 4 is 11.7 Å². The molecule has 0 bridgehead atoms. The largest absolute Gasteiger partial charge is 0.409 e. The lowest BCUT2D eigenvalue weighted by atomic mass is 10.2. The van der Waals surface area contributed by atoms with Crippen LogP contribution in [0.1, 0.15) is 26.7 Å². The van der Waals surface area contributed by atoms with Gasteiger partial charge in [-0.05, 0) is 13.3 Å². The number of amides is 1. The first-order chi connectivity index (χ1) is 5.60. The van der Waals surface area contributed by atoms with Gasteiger partial charge in [0.2, 0.25) is 5.91 Å². The molecule has 0 saturated heterocycles. The average Bonchev–Trinajstić information content (AvgIpc) is 2.03. The normalized spacial score (nSPS) is 14.0. The molecule has 0 aliphatic rings. The van der Waals surface area contributed by atoms with Crippen LogP contribution in [0.25, 0.3) is 0 Å². The number of rotatable bonds is 4. The van der Waals surface area contributed by atoms with E-state index < -0.39 is 0 Å². The van der Waals surface area contributed by atoms with Crippen LogP contribution < -0.4 is 11.1 Å². The second-order valence-electron chi connectivity index (χ2n) is 2.64. The predicted molar refractivity (Wildman–Crippen MR) is 45.9 cm³/mol. The van der Waals surface area contributed by atoms with Gasteiger partial charge in [0.25, 0.3) is 0 Å². The van der Waals surface area contributed by atoms with E-state index in [1.165, 1.54) is 0 Å². The lowest BCUT2D eigenvalue weighted by molar-refractivity contribution is -0.120. The zero-order valence-corrected chi connectivity index (χ0v) is 7.37. The third-order valence-corrected chi connectivity index (χ3v) is 1.49. The van der Waals surface area contributed by atoms with E-state index in [1.807, 2.05) is 13.8 Å². The summed E-state index contributed by atoms with van der Waals surface area (Å²) in [5.41, 5.74) is 5.13. The van der Waals surface area contributed by atoms with Crippen LogP contribution in [-0.2, 0) is 4.79 Å². The molecule has 1 unspecified atom stereocenters. The van der Waals surface area contributed by atoms with E-state index in [0.29, 0.717) is 0 Å². The summed E-state index contributed by atoms with van der Waals surface area (Å²) in [7, 11) is 0. The van der Waals surface area contributed by atoms with Crippen LogP contribution >= 0.6 is 0 Å². The number of carbonyl (C=O) groups is 1. The summed E-state index contributed by atoms with van der Waals surface area (Å²) < 4.78 is 0. The zero-order valence-electron chi connectivity index (χ0n) is 7.37. The molecular formula is C7H15N3O2. The Balaban J connectivity index is 3.74. The van der Waals surface area contributed by atoms with Crippen molar-refractivity contribution in [2.24, 2.45) is 10.9 Å². The van der Waals surface area contributed by atoms with E-state index in [1.54, 1.807) is 0 Å². The van der Waals surface area contributed by atoms with Gasteiger partial charge < -0.3 is 16.3 Å². The summed E-state index contributed by atoms with van der Waals surface area (Å²) in [5, 5.41) is 13.5. The van der Waals surface area contributed by atoms with Crippen LogP contribution in [0.2, 0.25) is 0 Å². The van der Waals surface area contributed by atoms with E-state index in [2.05, 4.69) is 10.5 Å². The number of nitrogens with two attached hydrogens (primary N) is 1. The van der Waals surface area contributed by atoms with Crippen molar-refractivity contribution in [3.05, 3.63) is 0 Å². The third kappa shape index (κ3) is 4.54. The number of nitrogens with zero attached hydrogens (tertiary/aromatic N) is 1.